The largest absolute Gasteiger partial charge is 0.314 e. The molecule has 0 aliphatic heterocycles. The summed E-state index contributed by atoms with van der Waals surface area (Å²) in [5.74, 6) is 0. The zero-order valence-corrected chi connectivity index (χ0v) is 25.9. The van der Waals surface area contributed by atoms with Crippen LogP contribution >= 0.6 is 14.3 Å². The molecule has 0 heterocycles. The van der Waals surface area contributed by atoms with Gasteiger partial charge in [0.25, 0.3) is 0 Å². The highest BCUT2D eigenvalue weighted by atomic mass is 31.2. The number of aryl methyl sites for hydroxylation is 4. The van der Waals surface area contributed by atoms with E-state index in [0.717, 1.165) is 69.2 Å². The van der Waals surface area contributed by atoms with Gasteiger partial charge in [0.05, 0.1) is 0 Å². The molecular weight excluding hydrogens is 514 g/mol. The van der Waals surface area contributed by atoms with Crippen molar-refractivity contribution in [1.29, 1.82) is 0 Å². The second-order valence-electron chi connectivity index (χ2n) is 11.1. The number of rotatable bonds is 11. The average molecular weight is 557 g/mol. The van der Waals surface area contributed by atoms with Gasteiger partial charge in [-0.15, -0.1) is 0 Å². The van der Waals surface area contributed by atoms with Crippen LogP contribution in [0.5, 0.6) is 0 Å². The van der Waals surface area contributed by atoms with Crippen molar-refractivity contribution in [3.05, 3.63) is 119 Å². The molecule has 0 amide bonds. The van der Waals surface area contributed by atoms with E-state index in [1.54, 1.807) is 0 Å². The average Bonchev–Trinajstić information content (AvgIpc) is 2.93. The fourth-order valence-corrected chi connectivity index (χ4v) is 12.6. The Hall–Kier alpha value is -2.66. The molecule has 4 aromatic carbocycles. The summed E-state index contributed by atoms with van der Waals surface area (Å²) in [6, 6.07) is 32.6. The number of hydrogen-bond donors (Lipinski definition) is 0. The predicted molar refractivity (Wildman–Crippen MR) is 171 cm³/mol. The fraction of sp³-hybridized carbons (Fsp3) is 0.314. The van der Waals surface area contributed by atoms with E-state index in [4.69, 9.17) is 0 Å². The lowest BCUT2D eigenvalue weighted by molar-refractivity contribution is 0.561. The first-order valence-corrected chi connectivity index (χ1v) is 17.8. The van der Waals surface area contributed by atoms with Crippen molar-refractivity contribution in [2.45, 2.75) is 66.0 Å². The molecular formula is C35H42O2P2. The maximum atomic E-state index is 15.7. The number of hydrogen-bond acceptors (Lipinski definition) is 2. The minimum atomic E-state index is -3.14. The topological polar surface area (TPSA) is 34.1 Å². The van der Waals surface area contributed by atoms with Crippen molar-refractivity contribution >= 4 is 35.5 Å². The van der Waals surface area contributed by atoms with Gasteiger partial charge in [-0.05, 0) is 34.1 Å². The standard InChI is InChI=1S/C35H42O2P2/c1-6-7-8-9-35(39(37,33-22-14-29(4)15-23-33)34-24-16-30(5)17-25-34)26-38(36,31-18-10-27(2)11-19-31)32-20-12-28(3)13-21-32/h10-25,35H,6-9,26H2,1-5H3. The smallest absolute Gasteiger partial charge is 0.146 e. The summed E-state index contributed by atoms with van der Waals surface area (Å²) in [6.07, 6.45) is 4.26. The van der Waals surface area contributed by atoms with Crippen molar-refractivity contribution in [3.8, 4) is 0 Å². The SMILES string of the molecule is CCCCCC(CP(=O)(c1ccc(C)cc1)c1ccc(C)cc1)P(=O)(c1ccc(C)cc1)c1ccc(C)cc1. The minimum absolute atomic E-state index is 0.247. The molecule has 0 N–H and O–H groups in total. The van der Waals surface area contributed by atoms with Crippen LogP contribution in [-0.4, -0.2) is 11.8 Å². The molecule has 0 aliphatic carbocycles. The summed E-state index contributed by atoms with van der Waals surface area (Å²) in [7, 11) is -6.24. The van der Waals surface area contributed by atoms with Gasteiger partial charge >= 0.3 is 0 Å². The molecule has 1 atom stereocenters. The summed E-state index contributed by atoms with van der Waals surface area (Å²) in [6.45, 7) is 10.4. The summed E-state index contributed by atoms with van der Waals surface area (Å²) in [4.78, 5) is 0. The number of benzene rings is 4. The maximum absolute atomic E-state index is 15.7. The van der Waals surface area contributed by atoms with Crippen LogP contribution < -0.4 is 21.2 Å². The molecule has 4 rings (SSSR count). The first-order chi connectivity index (χ1) is 18.7. The van der Waals surface area contributed by atoms with E-state index in [2.05, 4.69) is 58.9 Å². The van der Waals surface area contributed by atoms with E-state index in [9.17, 15) is 0 Å². The third-order valence-electron chi connectivity index (χ3n) is 7.86. The third-order valence-corrected chi connectivity index (χ3v) is 15.0. The van der Waals surface area contributed by atoms with Gasteiger partial charge in [-0.3, -0.25) is 0 Å². The third kappa shape index (κ3) is 6.57. The van der Waals surface area contributed by atoms with E-state index >= 15 is 9.13 Å². The van der Waals surface area contributed by atoms with Crippen molar-refractivity contribution in [1.82, 2.24) is 0 Å². The normalized spacial score (nSPS) is 12.8. The summed E-state index contributed by atoms with van der Waals surface area (Å²) >= 11 is 0. The monoisotopic (exact) mass is 556 g/mol. The van der Waals surface area contributed by atoms with Crippen LogP contribution in [0.25, 0.3) is 0 Å². The van der Waals surface area contributed by atoms with Crippen molar-refractivity contribution in [3.63, 3.8) is 0 Å². The van der Waals surface area contributed by atoms with Crippen LogP contribution in [-0.2, 0) is 9.13 Å². The van der Waals surface area contributed by atoms with Gasteiger partial charge in [-0.2, -0.15) is 0 Å². The second-order valence-corrected chi connectivity index (χ2v) is 17.0. The van der Waals surface area contributed by atoms with Crippen LogP contribution in [0.15, 0.2) is 97.1 Å². The molecule has 0 aromatic heterocycles. The van der Waals surface area contributed by atoms with Gasteiger partial charge in [0.1, 0.15) is 14.3 Å². The summed E-state index contributed by atoms with van der Waals surface area (Å²) < 4.78 is 31.0. The van der Waals surface area contributed by atoms with Crippen LogP contribution in [0.4, 0.5) is 0 Å². The second kappa shape index (κ2) is 12.7. The first-order valence-electron chi connectivity index (χ1n) is 14.1. The summed E-state index contributed by atoms with van der Waals surface area (Å²) in [5, 5.41) is 3.41. The Morgan fingerprint density at radius 2 is 0.846 bits per heavy atom. The van der Waals surface area contributed by atoms with Gasteiger partial charge in [-0.25, -0.2) is 0 Å². The zero-order chi connectivity index (χ0) is 28.0. The molecule has 0 radical (unpaired) electrons. The fourth-order valence-electron chi connectivity index (χ4n) is 5.35. The van der Waals surface area contributed by atoms with Gasteiger partial charge in [0, 0.05) is 33.0 Å². The molecule has 0 spiro atoms. The maximum Gasteiger partial charge on any atom is 0.146 e. The molecule has 0 aliphatic rings. The molecule has 0 fully saturated rings. The highest BCUT2D eigenvalue weighted by Gasteiger charge is 2.42. The van der Waals surface area contributed by atoms with Gasteiger partial charge in [0.2, 0.25) is 0 Å². The Morgan fingerprint density at radius 1 is 0.513 bits per heavy atom. The van der Waals surface area contributed by atoms with Crippen molar-refractivity contribution in [2.24, 2.45) is 0 Å². The van der Waals surface area contributed by atoms with Gasteiger partial charge < -0.3 is 9.13 Å². The van der Waals surface area contributed by atoms with E-state index in [0.29, 0.717) is 6.16 Å². The highest BCUT2D eigenvalue weighted by Crippen LogP contribution is 2.57. The molecule has 4 heteroatoms. The first kappa shape index (κ1) is 29.3. The Bertz CT molecular complexity index is 1350. The molecule has 2 nitrogen and oxygen atoms in total. The zero-order valence-electron chi connectivity index (χ0n) is 24.1. The molecule has 0 bridgehead atoms. The van der Waals surface area contributed by atoms with Crippen LogP contribution in [0.2, 0.25) is 0 Å². The molecule has 0 saturated carbocycles. The van der Waals surface area contributed by atoms with Crippen LogP contribution in [0.3, 0.4) is 0 Å². The summed E-state index contributed by atoms with van der Waals surface area (Å²) in [5.41, 5.74) is 4.31. The Kier molecular flexibility index (Phi) is 9.53. The van der Waals surface area contributed by atoms with Gasteiger partial charge in [0.15, 0.2) is 0 Å². The lowest BCUT2D eigenvalue weighted by Gasteiger charge is -2.32. The number of unbranched alkanes of at least 4 members (excludes halogenated alkanes) is 2. The van der Waals surface area contributed by atoms with Gasteiger partial charge in [-0.1, -0.05) is 146 Å². The molecule has 39 heavy (non-hydrogen) atoms. The Labute approximate surface area is 235 Å². The van der Waals surface area contributed by atoms with E-state index in [1.807, 2.05) is 72.8 Å². The van der Waals surface area contributed by atoms with E-state index < -0.39 is 14.3 Å². The molecule has 4 aromatic rings. The lowest BCUT2D eigenvalue weighted by Crippen LogP contribution is -2.32. The predicted octanol–water partition coefficient (Wildman–Crippen LogP) is 8.20. The Morgan fingerprint density at radius 3 is 1.18 bits per heavy atom. The van der Waals surface area contributed by atoms with E-state index in [-0.39, 0.29) is 5.66 Å². The molecule has 204 valence electrons. The highest BCUT2D eigenvalue weighted by molar-refractivity contribution is 7.82. The minimum Gasteiger partial charge on any atom is -0.314 e. The van der Waals surface area contributed by atoms with Crippen LogP contribution in [0, 0.1) is 27.7 Å². The van der Waals surface area contributed by atoms with E-state index in [1.165, 1.54) is 0 Å². The molecule has 1 unspecified atom stereocenters. The molecule has 0 saturated heterocycles. The Balaban J connectivity index is 1.92. The van der Waals surface area contributed by atoms with Crippen LogP contribution in [0.1, 0.15) is 54.9 Å². The van der Waals surface area contributed by atoms with Crippen molar-refractivity contribution in [2.75, 3.05) is 6.16 Å². The lowest BCUT2D eigenvalue weighted by atomic mass is 10.2. The quantitative estimate of drug-likeness (QED) is 0.138. The van der Waals surface area contributed by atoms with Crippen molar-refractivity contribution < 1.29 is 9.13 Å².